The molecule has 10 nitrogen and oxygen atoms in total. The fourth-order valence-electron chi connectivity index (χ4n) is 6.52. The molecule has 6 rings (SSSR count). The van der Waals surface area contributed by atoms with Gasteiger partial charge in [-0.1, -0.05) is 18.2 Å². The number of urea groups is 1. The van der Waals surface area contributed by atoms with Gasteiger partial charge in [-0.25, -0.2) is 23.8 Å². The van der Waals surface area contributed by atoms with Crippen molar-refractivity contribution in [1.29, 1.82) is 0 Å². The number of fused-ring (bicyclic) bond motifs is 1. The van der Waals surface area contributed by atoms with E-state index in [1.54, 1.807) is 12.1 Å². The van der Waals surface area contributed by atoms with Gasteiger partial charge in [0.25, 0.3) is 0 Å². The summed E-state index contributed by atoms with van der Waals surface area (Å²) in [5.41, 5.74) is 10.0. The summed E-state index contributed by atoms with van der Waals surface area (Å²) in [5.74, 6) is -0.209. The van der Waals surface area contributed by atoms with Crippen molar-refractivity contribution in [1.82, 2.24) is 29.5 Å². The Kier molecular flexibility index (Phi) is 8.27. The number of nitrogens with zero attached hydrogens (tertiary/aromatic N) is 7. The predicted molar refractivity (Wildman–Crippen MR) is 169 cm³/mol. The van der Waals surface area contributed by atoms with E-state index < -0.39 is 11.8 Å². The summed E-state index contributed by atoms with van der Waals surface area (Å²) in [6.45, 7) is 8.54. The van der Waals surface area contributed by atoms with Crippen molar-refractivity contribution >= 4 is 34.3 Å². The normalized spacial score (nSPS) is 19.9. The Hall–Kier alpha value is -4.09. The average molecular weight is 586 g/mol. The highest BCUT2D eigenvalue weighted by atomic mass is 19.1. The third-order valence-corrected chi connectivity index (χ3v) is 8.93. The number of likely N-dealkylation sites (N-methyl/N-ethyl adjacent to an activating group) is 1. The van der Waals surface area contributed by atoms with E-state index in [1.807, 2.05) is 42.8 Å². The molecule has 0 radical (unpaired) electrons. The standard InChI is InChI=1S/C32H40FN9O/c1-4-41(32(43)37-23-7-5-6-21(2)18-23)27-13-8-22(19-26(27)33)29-28-30(34)35-20-36-31(28)42(38-29)25-11-9-24(10-12-25)40-16-14-39(3)15-17-40/h5-8,13,18-20,24-25H,4,9-12,14-17H2,1-3H3,(H,37,43)(H2,34,35,36)/t24-,25+. The lowest BCUT2D eigenvalue weighted by Crippen LogP contribution is -2.49. The average Bonchev–Trinajstić information content (AvgIpc) is 3.40. The molecule has 226 valence electrons. The molecule has 1 aliphatic heterocycles. The zero-order valence-corrected chi connectivity index (χ0v) is 25.1. The van der Waals surface area contributed by atoms with Gasteiger partial charge >= 0.3 is 6.03 Å². The van der Waals surface area contributed by atoms with Crippen LogP contribution < -0.4 is 16.0 Å². The molecule has 4 aromatic rings. The second-order valence-corrected chi connectivity index (χ2v) is 11.8. The van der Waals surface area contributed by atoms with Gasteiger partial charge in [-0.15, -0.1) is 0 Å². The number of nitrogen functional groups attached to an aromatic ring is 1. The molecule has 0 spiro atoms. The smallest absolute Gasteiger partial charge is 0.326 e. The van der Waals surface area contributed by atoms with Crippen LogP contribution in [0.1, 0.15) is 44.2 Å². The van der Waals surface area contributed by atoms with Crippen LogP contribution in [-0.2, 0) is 0 Å². The Morgan fingerprint density at radius 3 is 2.49 bits per heavy atom. The Labute approximate surface area is 251 Å². The minimum Gasteiger partial charge on any atom is -0.383 e. The molecule has 1 aliphatic carbocycles. The topological polar surface area (TPSA) is 108 Å². The van der Waals surface area contributed by atoms with Crippen LogP contribution in [0.4, 0.5) is 26.4 Å². The number of aromatic nitrogens is 4. The Balaban J connectivity index is 1.25. The second-order valence-electron chi connectivity index (χ2n) is 11.8. The molecular formula is C32H40FN9O. The number of carbonyl (C=O) groups excluding carboxylic acids is 1. The number of piperazine rings is 1. The first-order valence-corrected chi connectivity index (χ1v) is 15.2. The predicted octanol–water partition coefficient (Wildman–Crippen LogP) is 5.31. The second kappa shape index (κ2) is 12.3. The summed E-state index contributed by atoms with van der Waals surface area (Å²) in [6, 6.07) is 12.7. The highest BCUT2D eigenvalue weighted by Crippen LogP contribution is 2.38. The van der Waals surface area contributed by atoms with Gasteiger partial charge in [0.15, 0.2) is 5.65 Å². The first-order chi connectivity index (χ1) is 20.8. The van der Waals surface area contributed by atoms with Crippen molar-refractivity contribution in [2.75, 3.05) is 55.7 Å². The Bertz CT molecular complexity index is 1610. The lowest BCUT2D eigenvalue weighted by atomic mass is 9.90. The van der Waals surface area contributed by atoms with E-state index in [-0.39, 0.29) is 11.7 Å². The number of aryl methyl sites for hydroxylation is 1. The quantitative estimate of drug-likeness (QED) is 0.316. The Morgan fingerprint density at radius 2 is 1.79 bits per heavy atom. The largest absolute Gasteiger partial charge is 0.383 e. The number of halogens is 1. The number of carbonyl (C=O) groups is 1. The number of rotatable bonds is 6. The molecule has 1 saturated carbocycles. The number of anilines is 3. The van der Waals surface area contributed by atoms with Crippen molar-refractivity contribution in [3.05, 3.63) is 60.2 Å². The summed E-state index contributed by atoms with van der Waals surface area (Å²) in [5, 5.41) is 8.48. The first-order valence-electron chi connectivity index (χ1n) is 15.2. The van der Waals surface area contributed by atoms with E-state index >= 15 is 4.39 Å². The van der Waals surface area contributed by atoms with Crippen molar-refractivity contribution < 1.29 is 9.18 Å². The molecule has 2 aromatic carbocycles. The fourth-order valence-corrected chi connectivity index (χ4v) is 6.52. The van der Waals surface area contributed by atoms with Crippen LogP contribution >= 0.6 is 0 Å². The maximum Gasteiger partial charge on any atom is 0.326 e. The molecule has 2 aromatic heterocycles. The minimum atomic E-state index is -0.524. The number of nitrogens with two attached hydrogens (primary N) is 1. The molecule has 3 heterocycles. The van der Waals surface area contributed by atoms with E-state index in [9.17, 15) is 4.79 Å². The zero-order chi connectivity index (χ0) is 30.1. The molecular weight excluding hydrogens is 545 g/mol. The molecule has 2 amide bonds. The van der Waals surface area contributed by atoms with Crippen LogP contribution in [0.15, 0.2) is 48.8 Å². The van der Waals surface area contributed by atoms with E-state index in [1.165, 1.54) is 17.3 Å². The fraction of sp³-hybridized carbons (Fsp3) is 0.438. The van der Waals surface area contributed by atoms with E-state index in [0.717, 1.165) is 57.4 Å². The van der Waals surface area contributed by atoms with Crippen LogP contribution in [-0.4, -0.2) is 81.4 Å². The van der Waals surface area contributed by atoms with Crippen LogP contribution in [0.3, 0.4) is 0 Å². The number of nitrogens with one attached hydrogen (secondary N) is 1. The lowest BCUT2D eigenvalue weighted by Gasteiger charge is -2.41. The number of benzene rings is 2. The monoisotopic (exact) mass is 585 g/mol. The van der Waals surface area contributed by atoms with E-state index in [2.05, 4.69) is 32.1 Å². The molecule has 0 atom stereocenters. The van der Waals surface area contributed by atoms with Crippen LogP contribution in [0.25, 0.3) is 22.3 Å². The third kappa shape index (κ3) is 5.92. The number of hydrogen-bond donors (Lipinski definition) is 2. The Morgan fingerprint density at radius 1 is 1.05 bits per heavy atom. The maximum atomic E-state index is 15.7. The van der Waals surface area contributed by atoms with Gasteiger partial charge in [-0.2, -0.15) is 5.10 Å². The van der Waals surface area contributed by atoms with E-state index in [0.29, 0.717) is 46.4 Å². The molecule has 1 saturated heterocycles. The summed E-state index contributed by atoms with van der Waals surface area (Å²) in [7, 11) is 2.19. The van der Waals surface area contributed by atoms with Gasteiger partial charge in [0, 0.05) is 50.0 Å². The lowest BCUT2D eigenvalue weighted by molar-refractivity contribution is 0.0815. The summed E-state index contributed by atoms with van der Waals surface area (Å²) >= 11 is 0. The molecule has 0 bridgehead atoms. The zero-order valence-electron chi connectivity index (χ0n) is 25.1. The van der Waals surface area contributed by atoms with Crippen LogP contribution in [0, 0.1) is 12.7 Å². The van der Waals surface area contributed by atoms with Gasteiger partial charge < -0.3 is 16.0 Å². The van der Waals surface area contributed by atoms with Gasteiger partial charge in [0.2, 0.25) is 0 Å². The van der Waals surface area contributed by atoms with Gasteiger partial charge in [-0.05, 0) is 76.4 Å². The highest BCUT2D eigenvalue weighted by molar-refractivity contribution is 6.02. The van der Waals surface area contributed by atoms with Crippen molar-refractivity contribution in [2.45, 2.75) is 51.6 Å². The summed E-state index contributed by atoms with van der Waals surface area (Å²) in [4.78, 5) is 28.3. The van der Waals surface area contributed by atoms with Crippen molar-refractivity contribution in [3.8, 4) is 11.3 Å². The molecule has 43 heavy (non-hydrogen) atoms. The van der Waals surface area contributed by atoms with Gasteiger partial charge in [-0.3, -0.25) is 9.80 Å². The SMILES string of the molecule is CCN(C(=O)Nc1cccc(C)c1)c1ccc(-c2nn([C@H]3CC[C@@H](N4CCN(C)CC4)CC3)c3ncnc(N)c23)cc1F. The van der Waals surface area contributed by atoms with Gasteiger partial charge in [0.1, 0.15) is 23.7 Å². The molecule has 0 unspecified atom stereocenters. The van der Waals surface area contributed by atoms with Crippen LogP contribution in [0.5, 0.6) is 0 Å². The first kappa shape index (κ1) is 29.0. The molecule has 11 heteroatoms. The molecule has 2 fully saturated rings. The van der Waals surface area contributed by atoms with Crippen LogP contribution in [0.2, 0.25) is 0 Å². The third-order valence-electron chi connectivity index (χ3n) is 8.93. The van der Waals surface area contributed by atoms with Gasteiger partial charge in [0.05, 0.1) is 17.1 Å². The molecule has 2 aliphatic rings. The summed E-state index contributed by atoms with van der Waals surface area (Å²) < 4.78 is 17.7. The number of amides is 2. The van der Waals surface area contributed by atoms with E-state index in [4.69, 9.17) is 10.8 Å². The minimum absolute atomic E-state index is 0.180. The summed E-state index contributed by atoms with van der Waals surface area (Å²) in [6.07, 6.45) is 5.65. The van der Waals surface area contributed by atoms with Crippen molar-refractivity contribution in [2.24, 2.45) is 0 Å². The maximum absolute atomic E-state index is 15.7. The highest BCUT2D eigenvalue weighted by Gasteiger charge is 2.31. The molecule has 3 N–H and O–H groups in total. The van der Waals surface area contributed by atoms with Crippen molar-refractivity contribution in [3.63, 3.8) is 0 Å². The number of hydrogen-bond acceptors (Lipinski definition) is 7.